The minimum absolute atomic E-state index is 0.107. The van der Waals surface area contributed by atoms with Crippen molar-refractivity contribution in [2.45, 2.75) is 20.3 Å². The van der Waals surface area contributed by atoms with Crippen LogP contribution >= 0.6 is 0 Å². The third-order valence-corrected chi connectivity index (χ3v) is 2.77. The highest BCUT2D eigenvalue weighted by atomic mass is 16.3. The minimum Gasteiger partial charge on any atom is -0.506 e. The Morgan fingerprint density at radius 2 is 2.13 bits per heavy atom. The van der Waals surface area contributed by atoms with Crippen LogP contribution in [0, 0.1) is 6.92 Å². The Balaban J connectivity index is 2.97. The SMILES string of the molecule is CCc1c(C)c2cccc(O)c2[nH]c1=O. The van der Waals surface area contributed by atoms with Crippen molar-refractivity contribution in [2.75, 3.05) is 0 Å². The van der Waals surface area contributed by atoms with Gasteiger partial charge in [-0.15, -0.1) is 0 Å². The molecule has 0 unspecified atom stereocenters. The van der Waals surface area contributed by atoms with Crippen LogP contribution in [0.3, 0.4) is 0 Å². The van der Waals surface area contributed by atoms with E-state index >= 15 is 0 Å². The number of hydrogen-bond donors (Lipinski definition) is 2. The van der Waals surface area contributed by atoms with E-state index in [1.807, 2.05) is 19.9 Å². The van der Waals surface area contributed by atoms with Crippen LogP contribution in [0.1, 0.15) is 18.1 Å². The van der Waals surface area contributed by atoms with Gasteiger partial charge in [-0.2, -0.15) is 0 Å². The highest BCUT2D eigenvalue weighted by Crippen LogP contribution is 2.24. The molecule has 1 heterocycles. The molecule has 0 amide bonds. The number of aromatic nitrogens is 1. The molecule has 78 valence electrons. The number of aromatic hydroxyl groups is 1. The van der Waals surface area contributed by atoms with Crippen LogP contribution in [0.5, 0.6) is 5.75 Å². The van der Waals surface area contributed by atoms with Crippen LogP contribution in [0.15, 0.2) is 23.0 Å². The van der Waals surface area contributed by atoms with Crippen LogP contribution in [0.4, 0.5) is 0 Å². The fourth-order valence-corrected chi connectivity index (χ4v) is 1.93. The van der Waals surface area contributed by atoms with Crippen molar-refractivity contribution in [1.29, 1.82) is 0 Å². The molecule has 0 atom stereocenters. The number of phenolic OH excluding ortho intramolecular Hbond substituents is 1. The molecule has 0 radical (unpaired) electrons. The van der Waals surface area contributed by atoms with Gasteiger partial charge in [0.25, 0.3) is 5.56 Å². The zero-order valence-electron chi connectivity index (χ0n) is 8.79. The molecule has 2 rings (SSSR count). The maximum absolute atomic E-state index is 11.7. The number of H-pyrrole nitrogens is 1. The van der Waals surface area contributed by atoms with Crippen molar-refractivity contribution in [3.8, 4) is 5.75 Å². The summed E-state index contributed by atoms with van der Waals surface area (Å²) in [6.07, 6.45) is 0.701. The highest BCUT2D eigenvalue weighted by Gasteiger charge is 2.08. The number of pyridine rings is 1. The van der Waals surface area contributed by atoms with Crippen molar-refractivity contribution in [3.63, 3.8) is 0 Å². The maximum atomic E-state index is 11.7. The molecule has 0 saturated heterocycles. The monoisotopic (exact) mass is 203 g/mol. The third-order valence-electron chi connectivity index (χ3n) is 2.77. The number of phenols is 1. The molecule has 1 aromatic carbocycles. The van der Waals surface area contributed by atoms with E-state index in [2.05, 4.69) is 4.98 Å². The lowest BCUT2D eigenvalue weighted by molar-refractivity contribution is 0.480. The van der Waals surface area contributed by atoms with Crippen LogP contribution < -0.4 is 5.56 Å². The summed E-state index contributed by atoms with van der Waals surface area (Å²) >= 11 is 0. The van der Waals surface area contributed by atoms with E-state index in [1.54, 1.807) is 12.1 Å². The van der Waals surface area contributed by atoms with Crippen molar-refractivity contribution < 1.29 is 5.11 Å². The van der Waals surface area contributed by atoms with Gasteiger partial charge in [0.1, 0.15) is 5.75 Å². The average Bonchev–Trinajstić information content (AvgIpc) is 2.20. The van der Waals surface area contributed by atoms with Crippen LogP contribution in [-0.4, -0.2) is 10.1 Å². The summed E-state index contributed by atoms with van der Waals surface area (Å²) in [6.45, 7) is 3.86. The van der Waals surface area contributed by atoms with E-state index in [9.17, 15) is 9.90 Å². The fraction of sp³-hybridized carbons (Fsp3) is 0.250. The summed E-state index contributed by atoms with van der Waals surface area (Å²) in [6, 6.07) is 5.26. The summed E-state index contributed by atoms with van der Waals surface area (Å²) in [7, 11) is 0. The number of hydrogen-bond acceptors (Lipinski definition) is 2. The van der Waals surface area contributed by atoms with E-state index in [1.165, 1.54) is 0 Å². The molecule has 0 aliphatic carbocycles. The number of nitrogens with one attached hydrogen (secondary N) is 1. The summed E-state index contributed by atoms with van der Waals surface area (Å²) in [5.74, 6) is 0.121. The molecule has 0 bridgehead atoms. The molecule has 3 heteroatoms. The van der Waals surface area contributed by atoms with E-state index in [-0.39, 0.29) is 11.3 Å². The second kappa shape index (κ2) is 3.42. The Kier molecular flexibility index (Phi) is 2.23. The molecule has 2 N–H and O–H groups in total. The molecule has 1 aromatic heterocycles. The van der Waals surface area contributed by atoms with Gasteiger partial charge in [-0.05, 0) is 25.0 Å². The molecule has 0 aliphatic rings. The Hall–Kier alpha value is -1.77. The predicted molar refractivity (Wildman–Crippen MR) is 60.3 cm³/mol. The van der Waals surface area contributed by atoms with E-state index < -0.39 is 0 Å². The molecule has 0 aliphatic heterocycles. The van der Waals surface area contributed by atoms with Gasteiger partial charge < -0.3 is 10.1 Å². The first-order chi connectivity index (χ1) is 7.15. The Morgan fingerprint density at radius 1 is 1.40 bits per heavy atom. The lowest BCUT2D eigenvalue weighted by Crippen LogP contribution is -2.14. The first-order valence-corrected chi connectivity index (χ1v) is 4.98. The first-order valence-electron chi connectivity index (χ1n) is 4.98. The van der Waals surface area contributed by atoms with Gasteiger partial charge in [0.15, 0.2) is 0 Å². The number of aromatic amines is 1. The number of fused-ring (bicyclic) bond motifs is 1. The van der Waals surface area contributed by atoms with E-state index in [4.69, 9.17) is 0 Å². The Bertz CT molecular complexity index is 570. The number of benzene rings is 1. The lowest BCUT2D eigenvalue weighted by Gasteiger charge is -2.07. The summed E-state index contributed by atoms with van der Waals surface area (Å²) in [4.78, 5) is 14.4. The smallest absolute Gasteiger partial charge is 0.251 e. The second-order valence-corrected chi connectivity index (χ2v) is 3.61. The van der Waals surface area contributed by atoms with Gasteiger partial charge in [-0.1, -0.05) is 19.1 Å². The van der Waals surface area contributed by atoms with Crippen molar-refractivity contribution in [1.82, 2.24) is 4.98 Å². The second-order valence-electron chi connectivity index (χ2n) is 3.61. The third kappa shape index (κ3) is 1.40. The van der Waals surface area contributed by atoms with Gasteiger partial charge in [0.2, 0.25) is 0 Å². The number of para-hydroxylation sites is 1. The largest absolute Gasteiger partial charge is 0.506 e. The molecule has 15 heavy (non-hydrogen) atoms. The van der Waals surface area contributed by atoms with Gasteiger partial charge in [0, 0.05) is 10.9 Å². The Labute approximate surface area is 87.4 Å². The van der Waals surface area contributed by atoms with Crippen LogP contribution in [-0.2, 0) is 6.42 Å². The van der Waals surface area contributed by atoms with Crippen molar-refractivity contribution >= 4 is 10.9 Å². The highest BCUT2D eigenvalue weighted by molar-refractivity contribution is 5.87. The summed E-state index contributed by atoms with van der Waals surface area (Å²) in [5.41, 5.74) is 2.15. The van der Waals surface area contributed by atoms with Gasteiger partial charge in [-0.25, -0.2) is 0 Å². The van der Waals surface area contributed by atoms with Gasteiger partial charge in [0.05, 0.1) is 5.52 Å². The molecule has 0 spiro atoms. The fourth-order valence-electron chi connectivity index (χ4n) is 1.93. The lowest BCUT2D eigenvalue weighted by atomic mass is 10.0. The maximum Gasteiger partial charge on any atom is 0.251 e. The topological polar surface area (TPSA) is 53.1 Å². The van der Waals surface area contributed by atoms with Crippen molar-refractivity contribution in [2.24, 2.45) is 0 Å². The molecule has 0 saturated carbocycles. The molecular formula is C12H13NO2. The minimum atomic E-state index is -0.107. The van der Waals surface area contributed by atoms with Gasteiger partial charge >= 0.3 is 0 Å². The first kappa shape index (κ1) is 9.77. The van der Waals surface area contributed by atoms with E-state index in [0.717, 1.165) is 16.5 Å². The predicted octanol–water partition coefficient (Wildman–Crippen LogP) is 2.10. The quantitative estimate of drug-likeness (QED) is 0.745. The van der Waals surface area contributed by atoms with Crippen LogP contribution in [0.25, 0.3) is 10.9 Å². The summed E-state index contributed by atoms with van der Waals surface area (Å²) < 4.78 is 0. The number of rotatable bonds is 1. The average molecular weight is 203 g/mol. The zero-order chi connectivity index (χ0) is 11.0. The van der Waals surface area contributed by atoms with Crippen LogP contribution in [0.2, 0.25) is 0 Å². The Morgan fingerprint density at radius 3 is 2.80 bits per heavy atom. The zero-order valence-corrected chi connectivity index (χ0v) is 8.79. The molecule has 2 aromatic rings. The molecular weight excluding hydrogens is 190 g/mol. The standard InChI is InChI=1S/C12H13NO2/c1-3-8-7(2)9-5-4-6-10(14)11(9)13-12(8)15/h4-6,14H,3H2,1-2H3,(H,13,15). The van der Waals surface area contributed by atoms with Crippen molar-refractivity contribution in [3.05, 3.63) is 39.7 Å². The molecule has 0 fully saturated rings. The number of aryl methyl sites for hydroxylation is 1. The molecule has 3 nitrogen and oxygen atoms in total. The van der Waals surface area contributed by atoms with E-state index in [0.29, 0.717) is 11.9 Å². The van der Waals surface area contributed by atoms with Gasteiger partial charge in [-0.3, -0.25) is 4.79 Å². The normalized spacial score (nSPS) is 10.8. The summed E-state index contributed by atoms with van der Waals surface area (Å²) in [5, 5.41) is 10.5.